The topological polar surface area (TPSA) is 75.3 Å². The van der Waals surface area contributed by atoms with Crippen LogP contribution in [0.15, 0.2) is 42.5 Å². The normalized spacial score (nSPS) is 19.4. The summed E-state index contributed by atoms with van der Waals surface area (Å²) in [4.78, 5) is 36.2. The minimum atomic E-state index is -2.49. The lowest BCUT2D eigenvalue weighted by molar-refractivity contribution is -0.144. The van der Waals surface area contributed by atoms with Gasteiger partial charge in [0.05, 0.1) is 5.41 Å². The van der Waals surface area contributed by atoms with Crippen molar-refractivity contribution in [2.24, 2.45) is 0 Å². The number of carbonyl (C=O) groups is 3. The van der Waals surface area contributed by atoms with Crippen molar-refractivity contribution in [2.45, 2.75) is 44.3 Å². The SMILES string of the molecule is CC(C)(C(=O)NCc1cc(Cl)c([C@]2(F)CCC(=O)NC2=O)c(Cl)c1)c1ccccc1. The van der Waals surface area contributed by atoms with Gasteiger partial charge in [0.25, 0.3) is 5.91 Å². The molecular weight excluding hydrogens is 430 g/mol. The van der Waals surface area contributed by atoms with Crippen LogP contribution in [0, 0.1) is 0 Å². The van der Waals surface area contributed by atoms with E-state index in [1.165, 1.54) is 12.1 Å². The van der Waals surface area contributed by atoms with Gasteiger partial charge in [-0.2, -0.15) is 0 Å². The van der Waals surface area contributed by atoms with Gasteiger partial charge in [0, 0.05) is 35.0 Å². The van der Waals surface area contributed by atoms with Crippen molar-refractivity contribution in [1.82, 2.24) is 10.6 Å². The van der Waals surface area contributed by atoms with Crippen molar-refractivity contribution in [3.8, 4) is 0 Å². The molecule has 8 heteroatoms. The molecule has 1 aliphatic heterocycles. The molecule has 5 nitrogen and oxygen atoms in total. The van der Waals surface area contributed by atoms with Crippen LogP contribution in [-0.2, 0) is 32.0 Å². The van der Waals surface area contributed by atoms with Crippen molar-refractivity contribution < 1.29 is 18.8 Å². The molecule has 0 bridgehead atoms. The second kappa shape index (κ2) is 8.36. The Morgan fingerprint density at radius 3 is 2.33 bits per heavy atom. The number of hydrogen-bond donors (Lipinski definition) is 2. The van der Waals surface area contributed by atoms with Crippen LogP contribution in [0.3, 0.4) is 0 Å². The molecule has 0 aromatic heterocycles. The molecule has 158 valence electrons. The predicted molar refractivity (Wildman–Crippen MR) is 113 cm³/mol. The third-order valence-corrected chi connectivity index (χ3v) is 5.92. The second-order valence-electron chi connectivity index (χ2n) is 7.79. The minimum Gasteiger partial charge on any atom is -0.351 e. The van der Waals surface area contributed by atoms with Gasteiger partial charge in [0.15, 0.2) is 0 Å². The van der Waals surface area contributed by atoms with Gasteiger partial charge in [0.2, 0.25) is 17.5 Å². The molecule has 0 unspecified atom stereocenters. The van der Waals surface area contributed by atoms with E-state index in [2.05, 4.69) is 5.32 Å². The van der Waals surface area contributed by atoms with Crippen molar-refractivity contribution in [1.29, 1.82) is 0 Å². The van der Waals surface area contributed by atoms with Crippen molar-refractivity contribution in [3.63, 3.8) is 0 Å². The van der Waals surface area contributed by atoms with Gasteiger partial charge in [-0.25, -0.2) is 4.39 Å². The Hall–Kier alpha value is -2.44. The zero-order valence-corrected chi connectivity index (χ0v) is 18.0. The highest BCUT2D eigenvalue weighted by Gasteiger charge is 2.47. The van der Waals surface area contributed by atoms with Crippen LogP contribution >= 0.6 is 23.2 Å². The van der Waals surface area contributed by atoms with Crippen LogP contribution < -0.4 is 10.6 Å². The summed E-state index contributed by atoms with van der Waals surface area (Å²) in [6, 6.07) is 12.3. The van der Waals surface area contributed by atoms with Gasteiger partial charge in [0.1, 0.15) is 0 Å². The molecule has 30 heavy (non-hydrogen) atoms. The highest BCUT2D eigenvalue weighted by atomic mass is 35.5. The first-order valence-electron chi connectivity index (χ1n) is 9.41. The monoisotopic (exact) mass is 450 g/mol. The summed E-state index contributed by atoms with van der Waals surface area (Å²) in [6.07, 6.45) is -0.486. The third-order valence-electron chi connectivity index (χ3n) is 5.32. The smallest absolute Gasteiger partial charge is 0.269 e. The van der Waals surface area contributed by atoms with Crippen LogP contribution in [0.25, 0.3) is 0 Å². The highest BCUT2D eigenvalue weighted by Crippen LogP contribution is 2.42. The Bertz CT molecular complexity index is 988. The molecule has 0 saturated carbocycles. The quantitative estimate of drug-likeness (QED) is 0.670. The number of hydrogen-bond acceptors (Lipinski definition) is 3. The molecule has 0 spiro atoms. The molecule has 2 aromatic carbocycles. The summed E-state index contributed by atoms with van der Waals surface area (Å²) >= 11 is 12.5. The molecular formula is C22H21Cl2FN2O3. The standard InChI is InChI=1S/C22H21Cl2FN2O3/c1-21(2,14-6-4-3-5-7-14)19(29)26-12-13-10-15(23)18(16(24)11-13)22(25)9-8-17(28)27-20(22)30/h3-7,10-11H,8-9,12H2,1-2H3,(H,26,29)(H,27,28,30)/t22-/m1/s1. The molecule has 1 atom stereocenters. The van der Waals surface area contributed by atoms with Crippen molar-refractivity contribution >= 4 is 40.9 Å². The van der Waals surface area contributed by atoms with Gasteiger partial charge in [-0.1, -0.05) is 53.5 Å². The van der Waals surface area contributed by atoms with E-state index in [0.717, 1.165) is 5.56 Å². The van der Waals surface area contributed by atoms with Crippen LogP contribution in [0.2, 0.25) is 10.0 Å². The maximum Gasteiger partial charge on any atom is 0.269 e. The number of nitrogens with one attached hydrogen (secondary N) is 2. The van der Waals surface area contributed by atoms with Gasteiger partial charge in [-0.05, 0) is 37.1 Å². The van der Waals surface area contributed by atoms with E-state index in [4.69, 9.17) is 23.2 Å². The predicted octanol–water partition coefficient (Wildman–Crippen LogP) is 4.19. The Morgan fingerprint density at radius 2 is 1.77 bits per heavy atom. The minimum absolute atomic E-state index is 0.0407. The van der Waals surface area contributed by atoms with Crippen LogP contribution in [0.5, 0.6) is 0 Å². The Kier molecular flexibility index (Phi) is 6.20. The molecule has 2 aromatic rings. The lowest BCUT2D eigenvalue weighted by Crippen LogP contribution is -2.49. The summed E-state index contributed by atoms with van der Waals surface area (Å²) in [6.45, 7) is 3.76. The van der Waals surface area contributed by atoms with Crippen LogP contribution in [-0.4, -0.2) is 17.7 Å². The van der Waals surface area contributed by atoms with Crippen molar-refractivity contribution in [2.75, 3.05) is 0 Å². The fraction of sp³-hybridized carbons (Fsp3) is 0.318. The molecule has 3 rings (SSSR count). The second-order valence-corrected chi connectivity index (χ2v) is 8.60. The Balaban J connectivity index is 1.78. The largest absolute Gasteiger partial charge is 0.351 e. The molecule has 0 aliphatic carbocycles. The number of imide groups is 1. The van der Waals surface area contributed by atoms with E-state index in [0.29, 0.717) is 5.56 Å². The molecule has 2 N–H and O–H groups in total. The van der Waals surface area contributed by atoms with Crippen molar-refractivity contribution in [3.05, 3.63) is 69.2 Å². The van der Waals surface area contributed by atoms with Crippen LogP contribution in [0.4, 0.5) is 4.39 Å². The number of halogens is 3. The number of piperidine rings is 1. The fourth-order valence-corrected chi connectivity index (χ4v) is 4.25. The molecule has 1 aliphatic rings. The summed E-state index contributed by atoms with van der Waals surface area (Å²) in [5.74, 6) is -1.81. The first-order chi connectivity index (χ1) is 14.1. The summed E-state index contributed by atoms with van der Waals surface area (Å²) in [5.41, 5.74) is -1.99. The zero-order valence-electron chi connectivity index (χ0n) is 16.5. The third kappa shape index (κ3) is 4.20. The van der Waals surface area contributed by atoms with Gasteiger partial charge in [-0.15, -0.1) is 0 Å². The van der Waals surface area contributed by atoms with E-state index in [1.54, 1.807) is 0 Å². The molecule has 1 fully saturated rings. The number of carbonyl (C=O) groups excluding carboxylic acids is 3. The van der Waals surface area contributed by atoms with Gasteiger partial charge in [-0.3, -0.25) is 19.7 Å². The van der Waals surface area contributed by atoms with E-state index in [-0.39, 0.29) is 40.9 Å². The fourth-order valence-electron chi connectivity index (χ4n) is 3.42. The summed E-state index contributed by atoms with van der Waals surface area (Å²) in [5, 5.41) is 4.74. The number of alkyl halides is 1. The van der Waals surface area contributed by atoms with E-state index in [9.17, 15) is 14.4 Å². The molecule has 1 heterocycles. The lowest BCUT2D eigenvalue weighted by Gasteiger charge is -2.30. The highest BCUT2D eigenvalue weighted by molar-refractivity contribution is 6.36. The Morgan fingerprint density at radius 1 is 1.17 bits per heavy atom. The summed E-state index contributed by atoms with van der Waals surface area (Å²) < 4.78 is 15.4. The Labute approximate surface area is 183 Å². The maximum atomic E-state index is 15.4. The zero-order chi connectivity index (χ0) is 22.1. The first kappa shape index (κ1) is 22.2. The van der Waals surface area contributed by atoms with E-state index in [1.807, 2.05) is 49.5 Å². The average Bonchev–Trinajstić information content (AvgIpc) is 2.69. The van der Waals surface area contributed by atoms with E-state index < -0.39 is 22.9 Å². The molecule has 1 saturated heterocycles. The number of benzene rings is 2. The van der Waals surface area contributed by atoms with Gasteiger partial charge >= 0.3 is 0 Å². The van der Waals surface area contributed by atoms with Gasteiger partial charge < -0.3 is 5.32 Å². The van der Waals surface area contributed by atoms with Crippen LogP contribution in [0.1, 0.15) is 43.4 Å². The number of amides is 3. The molecule has 0 radical (unpaired) electrons. The average molecular weight is 451 g/mol. The lowest BCUT2D eigenvalue weighted by atomic mass is 9.83. The number of rotatable bonds is 5. The molecule has 3 amide bonds. The summed E-state index contributed by atoms with van der Waals surface area (Å²) in [7, 11) is 0. The van der Waals surface area contributed by atoms with E-state index >= 15 is 4.39 Å². The maximum absolute atomic E-state index is 15.4. The first-order valence-corrected chi connectivity index (χ1v) is 10.2.